The number of hydrogen-bond donors (Lipinski definition) is 1. The summed E-state index contributed by atoms with van der Waals surface area (Å²) in [5.41, 5.74) is 2.27. The molecule has 0 bridgehead atoms. The van der Waals surface area contributed by atoms with E-state index in [0.717, 1.165) is 21.8 Å². The van der Waals surface area contributed by atoms with Crippen molar-refractivity contribution in [1.29, 1.82) is 0 Å². The molecule has 4 N–H and O–H groups in total. The number of aromatic nitrogens is 2. The molecule has 0 atom stereocenters. The zero-order valence-corrected chi connectivity index (χ0v) is 26.3. The number of nitrogens with zero attached hydrogens (tertiary/aromatic N) is 3. The number of hydrogen-bond acceptors (Lipinski definition) is 8. The van der Waals surface area contributed by atoms with Crippen molar-refractivity contribution in [2.75, 3.05) is 18.9 Å². The van der Waals surface area contributed by atoms with Gasteiger partial charge in [0.25, 0.3) is 0 Å². The van der Waals surface area contributed by atoms with Crippen LogP contribution in [0.2, 0.25) is 0 Å². The molecular formula is C23H24Br2N3O6SZn+. The van der Waals surface area contributed by atoms with Crippen molar-refractivity contribution in [2.24, 2.45) is 4.99 Å². The van der Waals surface area contributed by atoms with Crippen LogP contribution in [0.3, 0.4) is 0 Å². The average Bonchev–Trinajstić information content (AvgIpc) is 2.80. The minimum Gasteiger partial charge on any atom is -0.871 e. The largest absolute Gasteiger partial charge is 2.00 e. The Morgan fingerprint density at radius 1 is 1.03 bits per heavy atom. The molecule has 4 aromatic rings. The first-order chi connectivity index (χ1) is 16.2. The van der Waals surface area contributed by atoms with Crippen LogP contribution in [-0.2, 0) is 35.1 Å². The van der Waals surface area contributed by atoms with Crippen LogP contribution in [-0.4, -0.2) is 53.2 Å². The van der Waals surface area contributed by atoms with Gasteiger partial charge in [-0.25, -0.2) is 8.42 Å². The van der Waals surface area contributed by atoms with Gasteiger partial charge in [-0.3, -0.25) is 15.0 Å². The summed E-state index contributed by atoms with van der Waals surface area (Å²) in [6.07, 6.45) is 4.86. The fourth-order valence-corrected chi connectivity index (χ4v) is 4.27. The molecular weight excluding hydrogens is 672 g/mol. The Morgan fingerprint density at radius 2 is 1.53 bits per heavy atom. The summed E-state index contributed by atoms with van der Waals surface area (Å²) < 4.78 is 32.0. The Bertz CT molecular complexity index is 1340. The molecule has 0 fully saturated rings. The van der Waals surface area contributed by atoms with Crippen molar-refractivity contribution >= 4 is 70.0 Å². The van der Waals surface area contributed by atoms with Gasteiger partial charge in [-0.1, -0.05) is 61.9 Å². The van der Waals surface area contributed by atoms with Gasteiger partial charge < -0.3 is 20.2 Å². The average molecular weight is 696 g/mol. The Hall–Kier alpha value is -1.86. The summed E-state index contributed by atoms with van der Waals surface area (Å²) in [6, 6.07) is 15.3. The Balaban J connectivity index is 0.000000589. The van der Waals surface area contributed by atoms with Gasteiger partial charge in [-0.2, -0.15) is 0 Å². The van der Waals surface area contributed by atoms with E-state index in [-0.39, 0.29) is 43.9 Å². The zero-order chi connectivity index (χ0) is 25.1. The van der Waals surface area contributed by atoms with Crippen LogP contribution < -0.4 is 5.11 Å². The van der Waals surface area contributed by atoms with Crippen molar-refractivity contribution in [1.82, 2.24) is 9.97 Å². The Morgan fingerprint density at radius 3 is 2.00 bits per heavy atom. The summed E-state index contributed by atoms with van der Waals surface area (Å²) in [5, 5.41) is 21.4. The molecule has 0 saturated carbocycles. The van der Waals surface area contributed by atoms with Crippen LogP contribution >= 0.6 is 31.9 Å². The molecule has 0 amide bonds. The maximum absolute atomic E-state index is 11.6. The molecule has 36 heavy (non-hydrogen) atoms. The first-order valence-electron chi connectivity index (χ1n) is 9.95. The normalized spacial score (nSPS) is 10.5. The summed E-state index contributed by atoms with van der Waals surface area (Å²) in [4.78, 5) is 12.4. The quantitative estimate of drug-likeness (QED) is 0.112. The first kappa shape index (κ1) is 34.1. The number of pyridine rings is 2. The van der Waals surface area contributed by atoms with Gasteiger partial charge in [-0.05, 0) is 36.8 Å². The van der Waals surface area contributed by atoms with Crippen molar-refractivity contribution in [3.63, 3.8) is 0 Å². The van der Waals surface area contributed by atoms with Gasteiger partial charge in [0.15, 0.2) is 0 Å². The maximum Gasteiger partial charge on any atom is 2.00 e. The van der Waals surface area contributed by atoms with Gasteiger partial charge in [0.2, 0.25) is 0 Å². The van der Waals surface area contributed by atoms with Crippen molar-refractivity contribution in [2.45, 2.75) is 6.92 Å². The molecule has 2 aromatic heterocycles. The summed E-state index contributed by atoms with van der Waals surface area (Å²) in [6.45, 7) is 1.77. The van der Waals surface area contributed by atoms with Crippen LogP contribution in [0, 0.1) is 0 Å². The minimum atomic E-state index is -4.27. The third kappa shape index (κ3) is 11.0. The second kappa shape index (κ2) is 16.8. The van der Waals surface area contributed by atoms with Crippen molar-refractivity contribution in [3.05, 3.63) is 75.4 Å². The molecule has 4 rings (SSSR count). The second-order valence-electron chi connectivity index (χ2n) is 6.64. The molecule has 13 heteroatoms. The number of benzene rings is 2. The third-order valence-electron chi connectivity index (χ3n) is 4.08. The van der Waals surface area contributed by atoms with Crippen molar-refractivity contribution < 1.29 is 48.1 Å². The number of fused-ring (bicyclic) bond motifs is 3. The summed E-state index contributed by atoms with van der Waals surface area (Å²) in [7, 11) is -4.27. The smallest absolute Gasteiger partial charge is 0.871 e. The molecule has 188 valence electrons. The topological polar surface area (TPSA) is 172 Å². The predicted molar refractivity (Wildman–Crippen MR) is 143 cm³/mol. The maximum atomic E-state index is 11.6. The molecule has 0 aliphatic heterocycles. The second-order valence-corrected chi connectivity index (χ2v) is 9.93. The number of halogens is 2. The van der Waals surface area contributed by atoms with Crippen LogP contribution in [0.1, 0.15) is 12.5 Å². The molecule has 0 saturated heterocycles. The van der Waals surface area contributed by atoms with E-state index in [9.17, 15) is 18.1 Å². The van der Waals surface area contributed by atoms with E-state index in [0.29, 0.717) is 14.5 Å². The summed E-state index contributed by atoms with van der Waals surface area (Å²) in [5.74, 6) is -0.825. The van der Waals surface area contributed by atoms with Gasteiger partial charge in [0, 0.05) is 44.9 Å². The van der Waals surface area contributed by atoms with Crippen LogP contribution in [0.15, 0.2) is 74.9 Å². The SMILES string of the molecule is CCO.O=S(=O)([O-])CCN=Cc1cc(Br)cc(Br)c1[O-].[OH3+].[Zn+2].c1cnc2c(c1)ccc1cccnc12. The van der Waals surface area contributed by atoms with E-state index in [1.807, 2.05) is 12.1 Å². The zero-order valence-electron chi connectivity index (χ0n) is 19.3. The van der Waals surface area contributed by atoms with E-state index in [1.165, 1.54) is 6.21 Å². The molecule has 0 unspecified atom stereocenters. The monoisotopic (exact) mass is 692 g/mol. The van der Waals surface area contributed by atoms with E-state index in [4.69, 9.17) is 5.11 Å². The molecule has 2 heterocycles. The standard InChI is InChI=1S/C12H8N2.C9H9Br2NO4S.C2H6O.H2O.Zn/c1-3-9-5-6-10-4-2-8-14-12(10)11(9)13-7-1;10-7-3-6(9(13)8(11)4-7)5-12-1-2-17(14,15)16;1-2-3;;/h1-8H;3-5,13H,1-2H2,(H,14,15,16);3H,2H2,1H3;1H2;/q;;;;+2/p-1. The van der Waals surface area contributed by atoms with Crippen LogP contribution in [0.4, 0.5) is 0 Å². The van der Waals surface area contributed by atoms with Crippen molar-refractivity contribution in [3.8, 4) is 5.75 Å². The number of aliphatic hydroxyl groups is 1. The van der Waals surface area contributed by atoms with E-state index in [2.05, 4.69) is 71.1 Å². The molecule has 0 aliphatic carbocycles. The van der Waals surface area contributed by atoms with Gasteiger partial charge >= 0.3 is 19.5 Å². The van der Waals surface area contributed by atoms with Gasteiger partial charge in [0.05, 0.1) is 33.4 Å². The van der Waals surface area contributed by atoms with Crippen LogP contribution in [0.25, 0.3) is 21.8 Å². The number of aliphatic hydroxyl groups excluding tert-OH is 1. The molecule has 0 radical (unpaired) electrons. The van der Waals surface area contributed by atoms with E-state index in [1.54, 1.807) is 31.5 Å². The summed E-state index contributed by atoms with van der Waals surface area (Å²) >= 11 is 6.30. The van der Waals surface area contributed by atoms with E-state index < -0.39 is 15.9 Å². The number of aliphatic imine (C=N–C) groups is 1. The fourth-order valence-electron chi connectivity index (χ4n) is 2.68. The first-order valence-corrected chi connectivity index (χ1v) is 13.1. The fraction of sp³-hybridized carbons (Fsp3) is 0.174. The predicted octanol–water partition coefficient (Wildman–Crippen LogP) is 3.11. The Labute approximate surface area is 238 Å². The van der Waals surface area contributed by atoms with Crippen LogP contribution in [0.5, 0.6) is 5.75 Å². The minimum absolute atomic E-state index is 0. The van der Waals surface area contributed by atoms with E-state index >= 15 is 0 Å². The molecule has 0 aliphatic rings. The Kier molecular flexibility index (Phi) is 15.9. The van der Waals surface area contributed by atoms with Gasteiger partial charge in [-0.15, -0.1) is 0 Å². The molecule has 9 nitrogen and oxygen atoms in total. The van der Waals surface area contributed by atoms with Gasteiger partial charge in [0.1, 0.15) is 0 Å². The molecule has 0 spiro atoms. The molecule has 2 aromatic carbocycles. The third-order valence-corrected chi connectivity index (χ3v) is 5.81. The number of rotatable bonds is 4.